The van der Waals surface area contributed by atoms with E-state index >= 15 is 0 Å². The van der Waals surface area contributed by atoms with E-state index in [1.54, 1.807) is 4.90 Å². The molecule has 186 valence electrons. The van der Waals surface area contributed by atoms with Crippen LogP contribution in [0.25, 0.3) is 0 Å². The van der Waals surface area contributed by atoms with Crippen LogP contribution in [0.5, 0.6) is 0 Å². The number of benzene rings is 1. The molecule has 0 unspecified atom stereocenters. The summed E-state index contributed by atoms with van der Waals surface area (Å²) in [5, 5.41) is 6.30. The van der Waals surface area contributed by atoms with Crippen molar-refractivity contribution in [3.63, 3.8) is 0 Å². The number of likely N-dealkylation sites (tertiary alicyclic amines) is 1. The van der Waals surface area contributed by atoms with Crippen LogP contribution < -0.4 is 10.6 Å². The first-order chi connectivity index (χ1) is 16.8. The van der Waals surface area contributed by atoms with Crippen LogP contribution in [-0.2, 0) is 19.1 Å². The molecule has 35 heavy (non-hydrogen) atoms. The molecule has 3 amide bonds. The summed E-state index contributed by atoms with van der Waals surface area (Å²) in [6, 6.07) is 7.05. The second kappa shape index (κ2) is 8.19. The van der Waals surface area contributed by atoms with Crippen LogP contribution in [-0.4, -0.2) is 52.5 Å². The lowest BCUT2D eigenvalue weighted by molar-refractivity contribution is -0.142. The number of nitrogens with zero attached hydrogens (tertiary/aromatic N) is 1. The summed E-state index contributed by atoms with van der Waals surface area (Å²) >= 11 is 0. The highest BCUT2D eigenvalue weighted by Crippen LogP contribution is 2.57. The largest absolute Gasteiger partial charge is 0.359 e. The third-order valence-electron chi connectivity index (χ3n) is 9.12. The molecule has 1 aromatic rings. The molecule has 1 aromatic carbocycles. The topological polar surface area (TPSA) is 87.7 Å². The van der Waals surface area contributed by atoms with Gasteiger partial charge in [-0.15, -0.1) is 0 Å². The third-order valence-corrected chi connectivity index (χ3v) is 9.12. The Morgan fingerprint density at radius 1 is 1.11 bits per heavy atom. The van der Waals surface area contributed by atoms with Gasteiger partial charge in [-0.05, 0) is 55.7 Å². The van der Waals surface area contributed by atoms with Crippen molar-refractivity contribution in [3.05, 3.63) is 42.0 Å². The van der Waals surface area contributed by atoms with Crippen LogP contribution in [0, 0.1) is 30.6 Å². The van der Waals surface area contributed by atoms with Crippen LogP contribution >= 0.6 is 0 Å². The Balaban J connectivity index is 1.29. The highest BCUT2D eigenvalue weighted by Gasteiger charge is 2.74. The molecule has 2 saturated carbocycles. The maximum absolute atomic E-state index is 13.9. The van der Waals surface area contributed by atoms with Gasteiger partial charge < -0.3 is 20.3 Å². The van der Waals surface area contributed by atoms with Gasteiger partial charge in [-0.25, -0.2) is 0 Å². The summed E-state index contributed by atoms with van der Waals surface area (Å²) in [6.45, 7) is 6.42. The van der Waals surface area contributed by atoms with Gasteiger partial charge >= 0.3 is 0 Å². The van der Waals surface area contributed by atoms with Gasteiger partial charge in [-0.1, -0.05) is 51.0 Å². The van der Waals surface area contributed by atoms with Crippen LogP contribution in [0.2, 0.25) is 0 Å². The van der Waals surface area contributed by atoms with Gasteiger partial charge in [0.25, 0.3) is 0 Å². The van der Waals surface area contributed by atoms with Crippen molar-refractivity contribution in [2.24, 2.45) is 23.7 Å². The molecule has 3 heterocycles. The number of ether oxygens (including phenoxy) is 1. The number of hydrogen-bond acceptors (Lipinski definition) is 4. The molecule has 2 N–H and O–H groups in total. The Morgan fingerprint density at radius 3 is 2.66 bits per heavy atom. The molecule has 1 spiro atoms. The van der Waals surface area contributed by atoms with Crippen molar-refractivity contribution in [1.29, 1.82) is 0 Å². The molecule has 4 fully saturated rings. The van der Waals surface area contributed by atoms with Crippen molar-refractivity contribution >= 4 is 23.4 Å². The fourth-order valence-corrected chi connectivity index (χ4v) is 6.95. The quantitative estimate of drug-likeness (QED) is 0.638. The fraction of sp³-hybridized carbons (Fsp3) is 0.607. The Labute approximate surface area is 206 Å². The lowest BCUT2D eigenvalue weighted by Crippen LogP contribution is -2.58. The maximum Gasteiger partial charge on any atom is 0.246 e. The zero-order chi connectivity index (χ0) is 24.5. The predicted octanol–water partition coefficient (Wildman–Crippen LogP) is 3.19. The van der Waals surface area contributed by atoms with E-state index in [-0.39, 0.29) is 29.8 Å². The number of rotatable bonds is 5. The van der Waals surface area contributed by atoms with E-state index in [9.17, 15) is 14.4 Å². The van der Waals surface area contributed by atoms with Crippen LogP contribution in [0.3, 0.4) is 0 Å². The summed E-state index contributed by atoms with van der Waals surface area (Å²) < 4.78 is 6.43. The molecule has 3 aliphatic heterocycles. The molecule has 2 bridgehead atoms. The molecule has 0 aromatic heterocycles. The number of anilines is 1. The average molecular weight is 478 g/mol. The number of carbonyl (C=O) groups excluding carboxylic acids is 3. The summed E-state index contributed by atoms with van der Waals surface area (Å²) in [4.78, 5) is 42.9. The third kappa shape index (κ3) is 3.53. The van der Waals surface area contributed by atoms with Crippen molar-refractivity contribution in [1.82, 2.24) is 10.2 Å². The molecule has 5 aliphatic rings. The number of aryl methyl sites for hydroxylation is 1. The van der Waals surface area contributed by atoms with Crippen LogP contribution in [0.15, 0.2) is 36.4 Å². The Bertz CT molecular complexity index is 1100. The second-order valence-corrected chi connectivity index (χ2v) is 11.4. The summed E-state index contributed by atoms with van der Waals surface area (Å²) in [5.74, 6) is -0.869. The Hall–Kier alpha value is -2.67. The number of hydrogen-bond donors (Lipinski definition) is 2. The van der Waals surface area contributed by atoms with E-state index < -0.39 is 29.6 Å². The molecule has 7 nitrogen and oxygen atoms in total. The van der Waals surface area contributed by atoms with Crippen molar-refractivity contribution in [2.45, 2.75) is 82.7 Å². The molecule has 8 atom stereocenters. The Kier molecular flexibility index (Phi) is 5.33. The SMILES string of the molecule is Cc1cccc(NC(=O)[C@@H]2[C@@H]3C=C[C@]4(O3)[C@@H]2C(=O)N(C2CC2)[C@H]4C(=O)N[C@@H]2CCC[C@H](C)[C@@H]2C)c1. The average Bonchev–Trinajstić information content (AvgIpc) is 3.41. The summed E-state index contributed by atoms with van der Waals surface area (Å²) in [5.41, 5.74) is 0.672. The van der Waals surface area contributed by atoms with E-state index in [0.717, 1.165) is 31.2 Å². The number of nitrogens with one attached hydrogen (secondary N) is 2. The molecule has 2 aliphatic carbocycles. The number of amides is 3. The van der Waals surface area contributed by atoms with Gasteiger partial charge in [-0.2, -0.15) is 0 Å². The number of carbonyl (C=O) groups is 3. The minimum absolute atomic E-state index is 0.0532. The minimum atomic E-state index is -1.08. The first-order valence-electron chi connectivity index (χ1n) is 13.2. The standard InChI is InChI=1S/C28H35N3O4/c1-15-6-4-8-18(14-15)29-25(32)22-21-12-13-28(35-21)23(22)27(34)31(19-10-11-19)24(28)26(33)30-20-9-5-7-16(2)17(20)3/h4,6,8,12-14,16-17,19-24H,5,7,9-11H2,1-3H3,(H,29,32)(H,30,33)/t16-,17-,20+,21-,22+,23-,24-,28-/m0/s1. The lowest BCUT2D eigenvalue weighted by atomic mass is 9.73. The summed E-state index contributed by atoms with van der Waals surface area (Å²) in [6.07, 6.45) is 8.30. The second-order valence-electron chi connectivity index (χ2n) is 11.4. The van der Waals surface area contributed by atoms with Crippen molar-refractivity contribution in [2.75, 3.05) is 5.32 Å². The van der Waals surface area contributed by atoms with E-state index in [1.165, 1.54) is 6.42 Å². The number of fused-ring (bicyclic) bond motifs is 1. The van der Waals surface area contributed by atoms with Crippen LogP contribution in [0.4, 0.5) is 5.69 Å². The van der Waals surface area contributed by atoms with E-state index in [4.69, 9.17) is 4.74 Å². The first kappa shape index (κ1) is 22.8. The normalized spacial score (nSPS) is 39.6. The molecule has 7 heteroatoms. The summed E-state index contributed by atoms with van der Waals surface area (Å²) in [7, 11) is 0. The monoisotopic (exact) mass is 477 g/mol. The smallest absolute Gasteiger partial charge is 0.246 e. The van der Waals surface area contributed by atoms with Crippen molar-refractivity contribution < 1.29 is 19.1 Å². The van der Waals surface area contributed by atoms with Crippen molar-refractivity contribution in [3.8, 4) is 0 Å². The van der Waals surface area contributed by atoms with Gasteiger partial charge in [0.15, 0.2) is 0 Å². The molecular weight excluding hydrogens is 442 g/mol. The highest BCUT2D eigenvalue weighted by atomic mass is 16.5. The molecule has 2 saturated heterocycles. The van der Waals surface area contributed by atoms with Gasteiger partial charge in [0, 0.05) is 17.8 Å². The molecule has 0 radical (unpaired) electrons. The van der Waals surface area contributed by atoms with Gasteiger partial charge in [-0.3, -0.25) is 14.4 Å². The lowest BCUT2D eigenvalue weighted by Gasteiger charge is -2.38. The zero-order valence-electron chi connectivity index (χ0n) is 20.7. The highest BCUT2D eigenvalue weighted by molar-refractivity contribution is 6.03. The van der Waals surface area contributed by atoms with Gasteiger partial charge in [0.05, 0.1) is 17.9 Å². The molecular formula is C28H35N3O4. The van der Waals surface area contributed by atoms with E-state index in [2.05, 4.69) is 24.5 Å². The molecule has 6 rings (SSSR count). The minimum Gasteiger partial charge on any atom is -0.359 e. The predicted molar refractivity (Wildman–Crippen MR) is 131 cm³/mol. The maximum atomic E-state index is 13.9. The van der Waals surface area contributed by atoms with Crippen LogP contribution in [0.1, 0.15) is 51.5 Å². The zero-order valence-corrected chi connectivity index (χ0v) is 20.7. The van der Waals surface area contributed by atoms with Gasteiger partial charge in [0.2, 0.25) is 17.7 Å². The first-order valence-corrected chi connectivity index (χ1v) is 13.2. The van der Waals surface area contributed by atoms with E-state index in [0.29, 0.717) is 17.5 Å². The van der Waals surface area contributed by atoms with Gasteiger partial charge in [0.1, 0.15) is 11.6 Å². The van der Waals surface area contributed by atoms with E-state index in [1.807, 2.05) is 43.3 Å². The Morgan fingerprint density at radius 2 is 1.91 bits per heavy atom. The fourth-order valence-electron chi connectivity index (χ4n) is 6.95.